The van der Waals surface area contributed by atoms with Crippen molar-refractivity contribution >= 4 is 35.5 Å². The molecule has 172 valence electrons. The van der Waals surface area contributed by atoms with Crippen LogP contribution in [0.15, 0.2) is 77.4 Å². The molecule has 34 heavy (non-hydrogen) atoms. The van der Waals surface area contributed by atoms with Gasteiger partial charge in [-0.1, -0.05) is 55.8 Å². The first-order chi connectivity index (χ1) is 16.4. The van der Waals surface area contributed by atoms with Gasteiger partial charge in [0.05, 0.1) is 17.7 Å². The summed E-state index contributed by atoms with van der Waals surface area (Å²) in [5.74, 6) is 0.0408. The fraction of sp³-hybridized carbons (Fsp3) is 0.148. The van der Waals surface area contributed by atoms with Crippen molar-refractivity contribution in [3.63, 3.8) is 0 Å². The SMILES string of the molecule is COc1cc(/C=C2\N=C(c3ccc(C(C)C)cc3)OC2=O)ccc1OC(=O)c1ccccc1Cl. The van der Waals surface area contributed by atoms with E-state index in [2.05, 4.69) is 18.8 Å². The van der Waals surface area contributed by atoms with Gasteiger partial charge in [0.2, 0.25) is 5.90 Å². The quantitative estimate of drug-likeness (QED) is 0.247. The molecular weight excluding hydrogens is 454 g/mol. The molecule has 1 aliphatic rings. The normalized spacial score (nSPS) is 14.2. The molecule has 0 unspecified atom stereocenters. The Morgan fingerprint density at radius 1 is 1.03 bits per heavy atom. The molecule has 0 bridgehead atoms. The summed E-state index contributed by atoms with van der Waals surface area (Å²) in [5, 5.41) is 0.292. The molecule has 7 heteroatoms. The zero-order valence-corrected chi connectivity index (χ0v) is 19.6. The molecule has 0 saturated carbocycles. The molecule has 0 atom stereocenters. The number of hydrogen-bond donors (Lipinski definition) is 0. The van der Waals surface area contributed by atoms with Gasteiger partial charge in [-0.05, 0) is 59.5 Å². The van der Waals surface area contributed by atoms with Gasteiger partial charge >= 0.3 is 11.9 Å². The topological polar surface area (TPSA) is 74.2 Å². The lowest BCUT2D eigenvalue weighted by molar-refractivity contribution is -0.129. The number of carbonyl (C=O) groups is 2. The highest BCUT2D eigenvalue weighted by atomic mass is 35.5. The third kappa shape index (κ3) is 5.02. The molecular formula is C27H22ClNO5. The van der Waals surface area contributed by atoms with Crippen LogP contribution in [0.5, 0.6) is 11.5 Å². The van der Waals surface area contributed by atoms with Crippen molar-refractivity contribution in [3.8, 4) is 11.5 Å². The van der Waals surface area contributed by atoms with Crippen molar-refractivity contribution < 1.29 is 23.8 Å². The Labute approximate surface area is 202 Å². The van der Waals surface area contributed by atoms with Crippen LogP contribution in [-0.2, 0) is 9.53 Å². The average molecular weight is 476 g/mol. The van der Waals surface area contributed by atoms with Crippen molar-refractivity contribution in [3.05, 3.63) is 99.7 Å². The third-order valence-electron chi connectivity index (χ3n) is 5.23. The number of methoxy groups -OCH3 is 1. The Bertz CT molecular complexity index is 1310. The van der Waals surface area contributed by atoms with Crippen molar-refractivity contribution in [2.24, 2.45) is 4.99 Å². The minimum atomic E-state index is -0.605. The molecule has 0 aliphatic carbocycles. The van der Waals surface area contributed by atoms with E-state index < -0.39 is 11.9 Å². The number of cyclic esters (lactones) is 1. The van der Waals surface area contributed by atoms with E-state index in [9.17, 15) is 9.59 Å². The summed E-state index contributed by atoms with van der Waals surface area (Å²) < 4.78 is 16.2. The van der Waals surface area contributed by atoms with Gasteiger partial charge in [0, 0.05) is 5.56 Å². The average Bonchev–Trinajstić information content (AvgIpc) is 3.20. The van der Waals surface area contributed by atoms with Crippen molar-refractivity contribution in [1.29, 1.82) is 0 Å². The standard InChI is InChI=1S/C27H22ClNO5/c1-16(2)18-9-11-19(12-10-18)25-29-22(27(31)34-25)14-17-8-13-23(24(15-17)32-3)33-26(30)20-6-4-5-7-21(20)28/h4-16H,1-3H3/b22-14-. The molecule has 0 N–H and O–H groups in total. The lowest BCUT2D eigenvalue weighted by Crippen LogP contribution is -2.09. The predicted octanol–water partition coefficient (Wildman–Crippen LogP) is 6.04. The zero-order valence-electron chi connectivity index (χ0n) is 18.9. The summed E-state index contributed by atoms with van der Waals surface area (Å²) in [4.78, 5) is 29.2. The van der Waals surface area contributed by atoms with Gasteiger partial charge in [0.15, 0.2) is 17.2 Å². The smallest absolute Gasteiger partial charge is 0.363 e. The lowest BCUT2D eigenvalue weighted by Gasteiger charge is -2.10. The molecule has 0 spiro atoms. The van der Waals surface area contributed by atoms with Gasteiger partial charge in [-0.15, -0.1) is 0 Å². The Kier molecular flexibility index (Phi) is 6.80. The summed E-state index contributed by atoms with van der Waals surface area (Å²) in [5.41, 5.74) is 2.94. The number of rotatable bonds is 6. The fourth-order valence-electron chi connectivity index (χ4n) is 3.34. The second-order valence-corrected chi connectivity index (χ2v) is 8.30. The molecule has 4 rings (SSSR count). The summed E-state index contributed by atoms with van der Waals surface area (Å²) in [6.45, 7) is 4.22. The van der Waals surface area contributed by atoms with Crippen molar-refractivity contribution in [1.82, 2.24) is 0 Å². The second kappa shape index (κ2) is 9.93. The lowest BCUT2D eigenvalue weighted by atomic mass is 10.0. The predicted molar refractivity (Wildman–Crippen MR) is 131 cm³/mol. The van der Waals surface area contributed by atoms with Gasteiger partial charge < -0.3 is 14.2 Å². The highest BCUT2D eigenvalue weighted by Crippen LogP contribution is 2.31. The monoisotopic (exact) mass is 475 g/mol. The van der Waals surface area contributed by atoms with Crippen LogP contribution < -0.4 is 9.47 Å². The first kappa shape index (κ1) is 23.3. The van der Waals surface area contributed by atoms with E-state index in [0.29, 0.717) is 22.3 Å². The van der Waals surface area contributed by atoms with Crippen LogP contribution in [0.3, 0.4) is 0 Å². The molecule has 0 radical (unpaired) electrons. The molecule has 6 nitrogen and oxygen atoms in total. The molecule has 3 aromatic rings. The number of hydrogen-bond acceptors (Lipinski definition) is 6. The van der Waals surface area contributed by atoms with E-state index in [-0.39, 0.29) is 22.9 Å². The van der Waals surface area contributed by atoms with Crippen LogP contribution in [0.25, 0.3) is 6.08 Å². The fourth-order valence-corrected chi connectivity index (χ4v) is 3.55. The Morgan fingerprint density at radius 2 is 1.76 bits per heavy atom. The highest BCUT2D eigenvalue weighted by Gasteiger charge is 2.24. The Balaban J connectivity index is 1.56. The molecule has 0 aromatic heterocycles. The van der Waals surface area contributed by atoms with Crippen LogP contribution in [0.2, 0.25) is 5.02 Å². The zero-order chi connectivity index (χ0) is 24.2. The first-order valence-electron chi connectivity index (χ1n) is 10.6. The maximum absolute atomic E-state index is 12.5. The van der Waals surface area contributed by atoms with Gasteiger partial charge in [0.25, 0.3) is 0 Å². The number of ether oxygens (including phenoxy) is 3. The maximum atomic E-state index is 12.5. The van der Waals surface area contributed by atoms with Gasteiger partial charge in [-0.3, -0.25) is 0 Å². The van der Waals surface area contributed by atoms with Crippen LogP contribution >= 0.6 is 11.6 Å². The van der Waals surface area contributed by atoms with E-state index in [4.69, 9.17) is 25.8 Å². The summed E-state index contributed by atoms with van der Waals surface area (Å²) in [6, 6.07) is 19.3. The number of aliphatic imine (C=N–C) groups is 1. The summed E-state index contributed by atoms with van der Waals surface area (Å²) in [6.07, 6.45) is 1.58. The van der Waals surface area contributed by atoms with Crippen LogP contribution in [0, 0.1) is 0 Å². The Hall–Kier alpha value is -3.90. The number of carbonyl (C=O) groups excluding carboxylic acids is 2. The van der Waals surface area contributed by atoms with Gasteiger partial charge in [-0.25, -0.2) is 14.6 Å². The molecule has 1 aliphatic heterocycles. The summed E-state index contributed by atoms with van der Waals surface area (Å²) >= 11 is 6.07. The Morgan fingerprint density at radius 3 is 2.44 bits per heavy atom. The molecule has 1 heterocycles. The number of esters is 2. The molecule has 0 fully saturated rings. The molecule has 3 aromatic carbocycles. The maximum Gasteiger partial charge on any atom is 0.363 e. The first-order valence-corrected chi connectivity index (χ1v) is 11.0. The molecule has 0 saturated heterocycles. The van der Waals surface area contributed by atoms with E-state index >= 15 is 0 Å². The van der Waals surface area contributed by atoms with Gasteiger partial charge in [-0.2, -0.15) is 0 Å². The van der Waals surface area contributed by atoms with E-state index in [1.807, 2.05) is 24.3 Å². The second-order valence-electron chi connectivity index (χ2n) is 7.89. The van der Waals surface area contributed by atoms with Crippen molar-refractivity contribution in [2.45, 2.75) is 19.8 Å². The van der Waals surface area contributed by atoms with Gasteiger partial charge in [0.1, 0.15) is 0 Å². The molecule has 0 amide bonds. The third-order valence-corrected chi connectivity index (χ3v) is 5.56. The van der Waals surface area contributed by atoms with Crippen molar-refractivity contribution in [2.75, 3.05) is 7.11 Å². The van der Waals surface area contributed by atoms with E-state index in [0.717, 1.165) is 5.56 Å². The van der Waals surface area contributed by atoms with Crippen LogP contribution in [0.4, 0.5) is 0 Å². The summed E-state index contributed by atoms with van der Waals surface area (Å²) in [7, 11) is 1.46. The highest BCUT2D eigenvalue weighted by molar-refractivity contribution is 6.33. The van der Waals surface area contributed by atoms with E-state index in [1.165, 1.54) is 12.7 Å². The number of halogens is 1. The van der Waals surface area contributed by atoms with Crippen LogP contribution in [-0.4, -0.2) is 24.9 Å². The number of nitrogens with zero attached hydrogens (tertiary/aromatic N) is 1. The number of benzene rings is 3. The minimum Gasteiger partial charge on any atom is -0.493 e. The minimum absolute atomic E-state index is 0.158. The van der Waals surface area contributed by atoms with E-state index in [1.54, 1.807) is 48.5 Å². The van der Waals surface area contributed by atoms with Crippen LogP contribution in [0.1, 0.15) is 46.8 Å². The largest absolute Gasteiger partial charge is 0.493 e.